The molecule has 0 rings (SSSR count). The minimum Gasteiger partial charge on any atom is -0.0958 e. The molecule has 0 bridgehead atoms. The van der Waals surface area contributed by atoms with Crippen molar-refractivity contribution in [1.82, 2.24) is 0 Å². The average Bonchev–Trinajstić information content (AvgIpc) is 1.63. The summed E-state index contributed by atoms with van der Waals surface area (Å²) in [5, 5.41) is 0.551. The van der Waals surface area contributed by atoms with Crippen LogP contribution in [0.5, 0.6) is 0 Å². The van der Waals surface area contributed by atoms with Gasteiger partial charge in [-0.25, -0.2) is 0 Å². The average molecular weight is 143 g/mol. The SMILES string of the molecule is C=C(Cl)/C=C(/C)C(=C)C. The van der Waals surface area contributed by atoms with E-state index in [2.05, 4.69) is 13.2 Å². The molecule has 1 heteroatoms. The highest BCUT2D eigenvalue weighted by atomic mass is 35.5. The number of rotatable bonds is 2. The van der Waals surface area contributed by atoms with E-state index >= 15 is 0 Å². The van der Waals surface area contributed by atoms with Crippen LogP contribution >= 0.6 is 11.6 Å². The van der Waals surface area contributed by atoms with E-state index in [1.165, 1.54) is 0 Å². The molecule has 0 N–H and O–H groups in total. The van der Waals surface area contributed by atoms with Crippen molar-refractivity contribution in [3.8, 4) is 0 Å². The maximum atomic E-state index is 5.50. The van der Waals surface area contributed by atoms with Gasteiger partial charge in [0.25, 0.3) is 0 Å². The third-order valence-corrected chi connectivity index (χ3v) is 1.16. The first kappa shape index (κ1) is 8.51. The summed E-state index contributed by atoms with van der Waals surface area (Å²) in [6, 6.07) is 0. The Morgan fingerprint density at radius 3 is 1.89 bits per heavy atom. The van der Waals surface area contributed by atoms with Crippen LogP contribution < -0.4 is 0 Å². The number of hydrogen-bond donors (Lipinski definition) is 0. The Morgan fingerprint density at radius 1 is 1.33 bits per heavy atom. The largest absolute Gasteiger partial charge is 0.0958 e. The number of halogens is 1. The van der Waals surface area contributed by atoms with Gasteiger partial charge in [0.15, 0.2) is 0 Å². The third-order valence-electron chi connectivity index (χ3n) is 1.05. The van der Waals surface area contributed by atoms with Gasteiger partial charge in [0.05, 0.1) is 0 Å². The number of hydrogen-bond acceptors (Lipinski definition) is 0. The van der Waals surface area contributed by atoms with E-state index in [-0.39, 0.29) is 0 Å². The molecule has 0 aromatic heterocycles. The van der Waals surface area contributed by atoms with Gasteiger partial charge in [-0.2, -0.15) is 0 Å². The Labute approximate surface area is 61.5 Å². The van der Waals surface area contributed by atoms with Crippen LogP contribution in [0.4, 0.5) is 0 Å². The molecule has 0 saturated heterocycles. The Balaban J connectivity index is 4.17. The van der Waals surface area contributed by atoms with E-state index in [1.807, 2.05) is 13.8 Å². The lowest BCUT2D eigenvalue weighted by Crippen LogP contribution is -1.74. The quantitative estimate of drug-likeness (QED) is 0.520. The predicted octanol–water partition coefficient (Wildman–Crippen LogP) is 3.26. The van der Waals surface area contributed by atoms with Gasteiger partial charge in [-0.15, -0.1) is 0 Å². The molecule has 50 valence electrons. The lowest BCUT2D eigenvalue weighted by atomic mass is 10.1. The van der Waals surface area contributed by atoms with Crippen LogP contribution in [0.25, 0.3) is 0 Å². The molecule has 0 unspecified atom stereocenters. The molecule has 0 nitrogen and oxygen atoms in total. The van der Waals surface area contributed by atoms with Crippen molar-refractivity contribution in [2.75, 3.05) is 0 Å². The summed E-state index contributed by atoms with van der Waals surface area (Å²) in [6.07, 6.45) is 1.80. The molecule has 0 aliphatic rings. The van der Waals surface area contributed by atoms with Crippen LogP contribution in [0.15, 0.2) is 35.4 Å². The van der Waals surface area contributed by atoms with Crippen molar-refractivity contribution in [2.45, 2.75) is 13.8 Å². The standard InChI is InChI=1S/C8H11Cl/c1-6(2)7(3)5-8(4)9/h5H,1,4H2,2-3H3/b7-5-. The fraction of sp³-hybridized carbons (Fsp3) is 0.250. The molecule has 0 atom stereocenters. The summed E-state index contributed by atoms with van der Waals surface area (Å²) in [5.74, 6) is 0. The first-order chi connectivity index (χ1) is 4.04. The highest BCUT2D eigenvalue weighted by molar-refractivity contribution is 6.30. The molecule has 0 radical (unpaired) electrons. The van der Waals surface area contributed by atoms with E-state index in [0.717, 1.165) is 11.1 Å². The van der Waals surface area contributed by atoms with E-state index in [9.17, 15) is 0 Å². The molecular formula is C8H11Cl. The van der Waals surface area contributed by atoms with E-state index in [1.54, 1.807) is 6.08 Å². The van der Waals surface area contributed by atoms with E-state index in [4.69, 9.17) is 11.6 Å². The van der Waals surface area contributed by atoms with Gasteiger partial charge in [-0.1, -0.05) is 30.3 Å². The molecule has 0 amide bonds. The van der Waals surface area contributed by atoms with Crippen molar-refractivity contribution in [2.24, 2.45) is 0 Å². The van der Waals surface area contributed by atoms with Crippen molar-refractivity contribution in [1.29, 1.82) is 0 Å². The van der Waals surface area contributed by atoms with Crippen LogP contribution in [-0.2, 0) is 0 Å². The van der Waals surface area contributed by atoms with Crippen molar-refractivity contribution in [3.05, 3.63) is 35.4 Å². The second-order valence-electron chi connectivity index (χ2n) is 2.05. The van der Waals surface area contributed by atoms with Gasteiger partial charge < -0.3 is 0 Å². The maximum Gasteiger partial charge on any atom is 0.0336 e. The van der Waals surface area contributed by atoms with Gasteiger partial charge in [0.1, 0.15) is 0 Å². The number of allylic oxidation sites excluding steroid dienone is 4. The minimum absolute atomic E-state index is 0.551. The highest BCUT2D eigenvalue weighted by Gasteiger charge is 1.87. The molecule has 0 saturated carbocycles. The van der Waals surface area contributed by atoms with Crippen LogP contribution in [0.1, 0.15) is 13.8 Å². The molecule has 0 aliphatic carbocycles. The lowest BCUT2D eigenvalue weighted by Gasteiger charge is -1.95. The fourth-order valence-corrected chi connectivity index (χ4v) is 0.522. The molecule has 0 aliphatic heterocycles. The molecular weight excluding hydrogens is 132 g/mol. The predicted molar refractivity (Wildman–Crippen MR) is 43.6 cm³/mol. The molecule has 0 fully saturated rings. The summed E-state index contributed by atoms with van der Waals surface area (Å²) in [6.45, 7) is 11.2. The molecule has 0 heterocycles. The second kappa shape index (κ2) is 3.52. The summed E-state index contributed by atoms with van der Waals surface area (Å²) in [5.41, 5.74) is 2.10. The zero-order chi connectivity index (χ0) is 7.44. The van der Waals surface area contributed by atoms with E-state index in [0.29, 0.717) is 5.03 Å². The first-order valence-electron chi connectivity index (χ1n) is 2.72. The summed E-state index contributed by atoms with van der Waals surface area (Å²) in [7, 11) is 0. The van der Waals surface area contributed by atoms with Gasteiger partial charge >= 0.3 is 0 Å². The first-order valence-corrected chi connectivity index (χ1v) is 3.10. The summed E-state index contributed by atoms with van der Waals surface area (Å²) in [4.78, 5) is 0. The van der Waals surface area contributed by atoms with Crippen molar-refractivity contribution in [3.63, 3.8) is 0 Å². The smallest absolute Gasteiger partial charge is 0.0336 e. The van der Waals surface area contributed by atoms with Crippen LogP contribution in [0, 0.1) is 0 Å². The zero-order valence-corrected chi connectivity index (χ0v) is 6.63. The molecule has 0 spiro atoms. The van der Waals surface area contributed by atoms with Crippen molar-refractivity contribution >= 4 is 11.6 Å². The normalized spacial score (nSPS) is 11.2. The third kappa shape index (κ3) is 4.04. The minimum atomic E-state index is 0.551. The fourth-order valence-electron chi connectivity index (χ4n) is 0.358. The molecule has 0 aromatic rings. The summed E-state index contributed by atoms with van der Waals surface area (Å²) >= 11 is 5.50. The topological polar surface area (TPSA) is 0 Å². The van der Waals surface area contributed by atoms with Gasteiger partial charge in [-0.05, 0) is 25.5 Å². The Kier molecular flexibility index (Phi) is 3.33. The highest BCUT2D eigenvalue weighted by Crippen LogP contribution is 2.09. The second-order valence-corrected chi connectivity index (χ2v) is 2.54. The monoisotopic (exact) mass is 142 g/mol. The van der Waals surface area contributed by atoms with Crippen LogP contribution in [0.2, 0.25) is 0 Å². The van der Waals surface area contributed by atoms with Gasteiger partial charge in [-0.3, -0.25) is 0 Å². The van der Waals surface area contributed by atoms with Gasteiger partial charge in [0.2, 0.25) is 0 Å². The van der Waals surface area contributed by atoms with Crippen molar-refractivity contribution < 1.29 is 0 Å². The molecule has 9 heavy (non-hydrogen) atoms. The van der Waals surface area contributed by atoms with Crippen LogP contribution in [-0.4, -0.2) is 0 Å². The van der Waals surface area contributed by atoms with Gasteiger partial charge in [0, 0.05) is 5.03 Å². The Morgan fingerprint density at radius 2 is 1.78 bits per heavy atom. The molecule has 0 aromatic carbocycles. The Hall–Kier alpha value is -0.490. The zero-order valence-electron chi connectivity index (χ0n) is 5.87. The lowest BCUT2D eigenvalue weighted by molar-refractivity contribution is 1.36. The summed E-state index contributed by atoms with van der Waals surface area (Å²) < 4.78 is 0. The van der Waals surface area contributed by atoms with Crippen LogP contribution in [0.3, 0.4) is 0 Å². The maximum absolute atomic E-state index is 5.50. The Bertz CT molecular complexity index is 163. The van der Waals surface area contributed by atoms with E-state index < -0.39 is 0 Å².